The predicted molar refractivity (Wildman–Crippen MR) is 120 cm³/mol. The van der Waals surface area contributed by atoms with Gasteiger partial charge in [0.25, 0.3) is 0 Å². The van der Waals surface area contributed by atoms with Crippen molar-refractivity contribution in [3.63, 3.8) is 0 Å². The Balaban J connectivity index is 1.54. The topological polar surface area (TPSA) is 91.8 Å². The van der Waals surface area contributed by atoms with Gasteiger partial charge in [0.15, 0.2) is 5.96 Å². The Morgan fingerprint density at radius 1 is 1.13 bits per heavy atom. The van der Waals surface area contributed by atoms with Gasteiger partial charge in [0.1, 0.15) is 0 Å². The monoisotopic (exact) mass is 436 g/mol. The Morgan fingerprint density at radius 2 is 1.87 bits per heavy atom. The highest BCUT2D eigenvalue weighted by Crippen LogP contribution is 2.23. The lowest BCUT2D eigenvalue weighted by atomic mass is 9.87. The number of hydrogen-bond donors (Lipinski definition) is 3. The zero-order chi connectivity index (χ0) is 21.4. The first-order chi connectivity index (χ1) is 14.5. The van der Waals surface area contributed by atoms with Gasteiger partial charge in [-0.25, -0.2) is 18.1 Å². The number of aliphatic imine (C=N–C) groups is 1. The van der Waals surface area contributed by atoms with Gasteiger partial charge in [-0.3, -0.25) is 0 Å². The Labute approximate surface area is 181 Å². The Kier molecular flexibility index (Phi) is 8.53. The second-order valence-electron chi connectivity index (χ2n) is 8.43. The average molecular weight is 437 g/mol. The molecule has 0 radical (unpaired) electrons. The number of guanidine groups is 1. The molecule has 1 saturated heterocycles. The lowest BCUT2D eigenvalue weighted by Gasteiger charge is -2.28. The molecule has 0 aromatic heterocycles. The molecule has 0 amide bonds. The average Bonchev–Trinajstić information content (AvgIpc) is 3.26. The summed E-state index contributed by atoms with van der Waals surface area (Å²) in [6.45, 7) is 6.72. The molecule has 2 fully saturated rings. The lowest BCUT2D eigenvalue weighted by molar-refractivity contribution is 0.114. The van der Waals surface area contributed by atoms with E-state index in [0.29, 0.717) is 25.7 Å². The van der Waals surface area contributed by atoms with Gasteiger partial charge in [0, 0.05) is 25.7 Å². The third-order valence-corrected chi connectivity index (χ3v) is 7.32. The number of nitrogens with one attached hydrogen (secondary N) is 3. The molecule has 1 unspecified atom stereocenters. The van der Waals surface area contributed by atoms with Gasteiger partial charge in [-0.1, -0.05) is 19.1 Å². The van der Waals surface area contributed by atoms with Crippen molar-refractivity contribution in [3.8, 4) is 0 Å². The van der Waals surface area contributed by atoms with Crippen molar-refractivity contribution in [1.29, 1.82) is 0 Å². The van der Waals surface area contributed by atoms with Gasteiger partial charge in [0.2, 0.25) is 10.0 Å². The molecule has 0 spiro atoms. The van der Waals surface area contributed by atoms with E-state index in [1.807, 2.05) is 12.1 Å². The largest absolute Gasteiger partial charge is 0.377 e. The van der Waals surface area contributed by atoms with Crippen molar-refractivity contribution in [1.82, 2.24) is 15.4 Å². The Bertz CT molecular complexity index is 781. The summed E-state index contributed by atoms with van der Waals surface area (Å²) < 4.78 is 33.1. The first kappa shape index (κ1) is 23.0. The van der Waals surface area contributed by atoms with Crippen LogP contribution in [0.3, 0.4) is 0 Å². The van der Waals surface area contributed by atoms with Crippen LogP contribution < -0.4 is 15.4 Å². The molecular formula is C22H36N4O3S. The Morgan fingerprint density at radius 3 is 2.50 bits per heavy atom. The van der Waals surface area contributed by atoms with Crippen molar-refractivity contribution < 1.29 is 13.2 Å². The minimum absolute atomic E-state index is 0.0160. The number of hydrogen-bond acceptors (Lipinski definition) is 4. The summed E-state index contributed by atoms with van der Waals surface area (Å²) in [5.74, 6) is 1.64. The quantitative estimate of drug-likeness (QED) is 0.431. The predicted octanol–water partition coefficient (Wildman–Crippen LogP) is 2.78. The van der Waals surface area contributed by atoms with Gasteiger partial charge in [-0.2, -0.15) is 0 Å². The van der Waals surface area contributed by atoms with E-state index < -0.39 is 10.0 Å². The lowest BCUT2D eigenvalue weighted by Crippen LogP contribution is -2.44. The zero-order valence-electron chi connectivity index (χ0n) is 18.2. The molecule has 1 saturated carbocycles. The summed E-state index contributed by atoms with van der Waals surface area (Å²) in [7, 11) is -3.52. The van der Waals surface area contributed by atoms with E-state index in [4.69, 9.17) is 9.73 Å². The summed E-state index contributed by atoms with van der Waals surface area (Å²) >= 11 is 0. The highest BCUT2D eigenvalue weighted by molar-refractivity contribution is 7.89. The molecule has 2 aliphatic rings. The van der Waals surface area contributed by atoms with Crippen LogP contribution in [0.15, 0.2) is 34.2 Å². The molecule has 1 heterocycles. The van der Waals surface area contributed by atoms with Crippen LogP contribution >= 0.6 is 0 Å². The number of benzene rings is 1. The first-order valence-corrected chi connectivity index (χ1v) is 12.7. The fourth-order valence-corrected chi connectivity index (χ4v) is 5.02. The van der Waals surface area contributed by atoms with E-state index >= 15 is 0 Å². The highest BCUT2D eigenvalue weighted by atomic mass is 32.2. The standard InChI is InChI=1S/C22H36N4O3S/c1-3-23-22(26-19-10-6-17(2)7-11-19)24-15-18-8-12-21(13-9-18)30(27,28)25-16-20-5-4-14-29-20/h8-9,12-13,17,19-20,25H,3-7,10-11,14-16H2,1-2H3,(H2,23,24,26). The maximum Gasteiger partial charge on any atom is 0.240 e. The third kappa shape index (κ3) is 6.96. The van der Waals surface area contributed by atoms with Crippen LogP contribution in [-0.2, 0) is 21.3 Å². The molecule has 8 heteroatoms. The molecule has 1 aromatic rings. The van der Waals surface area contributed by atoms with Gasteiger partial charge in [-0.05, 0) is 69.1 Å². The van der Waals surface area contributed by atoms with Crippen molar-refractivity contribution in [2.45, 2.75) is 76.0 Å². The second-order valence-corrected chi connectivity index (χ2v) is 10.2. The fourth-order valence-electron chi connectivity index (χ4n) is 3.95. The van der Waals surface area contributed by atoms with E-state index in [9.17, 15) is 8.42 Å². The smallest absolute Gasteiger partial charge is 0.240 e. The van der Waals surface area contributed by atoms with Crippen LogP contribution in [0.25, 0.3) is 0 Å². The van der Waals surface area contributed by atoms with Gasteiger partial charge in [0.05, 0.1) is 17.5 Å². The first-order valence-electron chi connectivity index (χ1n) is 11.2. The number of nitrogens with zero attached hydrogens (tertiary/aromatic N) is 1. The SMILES string of the molecule is CCNC(=NCc1ccc(S(=O)(=O)NCC2CCCO2)cc1)NC1CCC(C)CC1. The zero-order valence-corrected chi connectivity index (χ0v) is 19.0. The molecule has 1 atom stereocenters. The van der Waals surface area contributed by atoms with Crippen molar-refractivity contribution in [2.24, 2.45) is 10.9 Å². The number of rotatable bonds is 8. The summed E-state index contributed by atoms with van der Waals surface area (Å²) in [5.41, 5.74) is 0.975. The molecule has 3 rings (SSSR count). The van der Waals surface area contributed by atoms with Crippen molar-refractivity contribution in [3.05, 3.63) is 29.8 Å². The van der Waals surface area contributed by atoms with Crippen LogP contribution in [0, 0.1) is 5.92 Å². The van der Waals surface area contributed by atoms with E-state index in [1.165, 1.54) is 25.7 Å². The highest BCUT2D eigenvalue weighted by Gasteiger charge is 2.21. The minimum Gasteiger partial charge on any atom is -0.377 e. The number of sulfonamides is 1. The normalized spacial score (nSPS) is 25.3. The van der Waals surface area contributed by atoms with Gasteiger partial charge < -0.3 is 15.4 Å². The maximum absolute atomic E-state index is 12.5. The molecular weight excluding hydrogens is 400 g/mol. The molecule has 1 aliphatic heterocycles. The van der Waals surface area contributed by atoms with Gasteiger partial charge in [-0.15, -0.1) is 0 Å². The molecule has 168 valence electrons. The molecule has 0 bridgehead atoms. The van der Waals surface area contributed by atoms with Crippen LogP contribution in [0.2, 0.25) is 0 Å². The summed E-state index contributed by atoms with van der Waals surface area (Å²) in [6, 6.07) is 7.42. The summed E-state index contributed by atoms with van der Waals surface area (Å²) in [6.07, 6.45) is 6.75. The molecule has 1 aromatic carbocycles. The number of ether oxygens (including phenoxy) is 1. The van der Waals surface area contributed by atoms with E-state index in [0.717, 1.165) is 36.8 Å². The van der Waals surface area contributed by atoms with Crippen molar-refractivity contribution in [2.75, 3.05) is 19.7 Å². The molecule has 1 aliphatic carbocycles. The van der Waals surface area contributed by atoms with Crippen LogP contribution in [0.1, 0.15) is 57.9 Å². The van der Waals surface area contributed by atoms with Crippen molar-refractivity contribution >= 4 is 16.0 Å². The summed E-state index contributed by atoms with van der Waals surface area (Å²) in [4.78, 5) is 4.96. The minimum atomic E-state index is -3.52. The van der Waals surface area contributed by atoms with E-state index in [-0.39, 0.29) is 11.0 Å². The molecule has 7 nitrogen and oxygen atoms in total. The van der Waals surface area contributed by atoms with Crippen LogP contribution in [0.5, 0.6) is 0 Å². The van der Waals surface area contributed by atoms with Crippen LogP contribution in [-0.4, -0.2) is 46.2 Å². The second kappa shape index (κ2) is 11.1. The van der Waals surface area contributed by atoms with E-state index in [1.54, 1.807) is 12.1 Å². The third-order valence-electron chi connectivity index (χ3n) is 5.88. The van der Waals surface area contributed by atoms with Crippen LogP contribution in [0.4, 0.5) is 0 Å². The fraction of sp³-hybridized carbons (Fsp3) is 0.682. The maximum atomic E-state index is 12.5. The summed E-state index contributed by atoms with van der Waals surface area (Å²) in [5, 5.41) is 6.86. The molecule has 30 heavy (non-hydrogen) atoms. The van der Waals surface area contributed by atoms with E-state index in [2.05, 4.69) is 29.2 Å². The molecule has 3 N–H and O–H groups in total. The Hall–Kier alpha value is -1.64. The van der Waals surface area contributed by atoms with Gasteiger partial charge >= 0.3 is 0 Å².